The molecular weight excluding hydrogens is 248 g/mol. The maximum atomic E-state index is 11.8. The first-order chi connectivity index (χ1) is 8.56. The Morgan fingerprint density at radius 2 is 1.89 bits per heavy atom. The molecular formula is C12H15N4OS+. The molecule has 0 spiro atoms. The summed E-state index contributed by atoms with van der Waals surface area (Å²) in [6.07, 6.45) is 0. The first-order valence-electron chi connectivity index (χ1n) is 5.53. The highest BCUT2D eigenvalue weighted by Crippen LogP contribution is 2.15. The number of carbonyl (C=O) groups excluding carboxylic acids is 1. The van der Waals surface area contributed by atoms with Gasteiger partial charge in [-0.2, -0.15) is 0 Å². The molecule has 0 bridgehead atoms. The van der Waals surface area contributed by atoms with Crippen LogP contribution in [0.5, 0.6) is 0 Å². The molecule has 5 nitrogen and oxygen atoms in total. The third-order valence-electron chi connectivity index (χ3n) is 2.61. The largest absolute Gasteiger partial charge is 0.324 e. The Morgan fingerprint density at radius 3 is 2.44 bits per heavy atom. The highest BCUT2D eigenvalue weighted by atomic mass is 32.1. The zero-order chi connectivity index (χ0) is 13.1. The molecule has 2 N–H and O–H groups in total. The maximum absolute atomic E-state index is 11.8. The number of anilines is 2. The van der Waals surface area contributed by atoms with Crippen molar-refractivity contribution in [1.29, 1.82) is 0 Å². The summed E-state index contributed by atoms with van der Waals surface area (Å²) in [5.41, 5.74) is 2.86. The second kappa shape index (κ2) is 5.14. The number of urea groups is 1. The zero-order valence-corrected chi connectivity index (χ0v) is 11.3. The van der Waals surface area contributed by atoms with Gasteiger partial charge < -0.3 is 5.32 Å². The molecule has 0 radical (unpaired) electrons. The molecule has 0 saturated carbocycles. The van der Waals surface area contributed by atoms with Gasteiger partial charge in [0.05, 0.1) is 16.0 Å². The summed E-state index contributed by atoms with van der Waals surface area (Å²) >= 11 is 1.26. The third-order valence-corrected chi connectivity index (χ3v) is 3.51. The number of amides is 2. The van der Waals surface area contributed by atoms with Gasteiger partial charge in [0.2, 0.25) is 5.69 Å². The van der Waals surface area contributed by atoms with E-state index in [4.69, 9.17) is 0 Å². The van der Waals surface area contributed by atoms with Gasteiger partial charge in [-0.15, -0.1) is 0 Å². The lowest BCUT2D eigenvalue weighted by Gasteiger charge is -2.05. The van der Waals surface area contributed by atoms with E-state index in [0.717, 1.165) is 21.9 Å². The zero-order valence-electron chi connectivity index (χ0n) is 10.5. The summed E-state index contributed by atoms with van der Waals surface area (Å²) in [7, 11) is 1.84. The van der Waals surface area contributed by atoms with Crippen LogP contribution in [0.25, 0.3) is 0 Å². The van der Waals surface area contributed by atoms with E-state index in [0.29, 0.717) is 0 Å². The summed E-state index contributed by atoms with van der Waals surface area (Å²) in [5.74, 6) is 0. The fourth-order valence-corrected chi connectivity index (χ4v) is 2.12. The molecule has 0 aliphatic carbocycles. The number of benzene rings is 1. The van der Waals surface area contributed by atoms with Gasteiger partial charge in [0, 0.05) is 12.6 Å². The molecule has 6 heteroatoms. The van der Waals surface area contributed by atoms with Crippen molar-refractivity contribution in [3.63, 3.8) is 0 Å². The summed E-state index contributed by atoms with van der Waals surface area (Å²) in [6.45, 7) is 3.91. The van der Waals surface area contributed by atoms with Gasteiger partial charge in [0.15, 0.2) is 12.0 Å². The minimum Gasteiger partial charge on any atom is -0.308 e. The quantitative estimate of drug-likeness (QED) is 0.816. The summed E-state index contributed by atoms with van der Waals surface area (Å²) < 4.78 is 5.83. The normalized spacial score (nSPS) is 10.2. The Balaban J connectivity index is 2.01. The minimum absolute atomic E-state index is 0.258. The van der Waals surface area contributed by atoms with Crippen molar-refractivity contribution in [1.82, 2.24) is 4.49 Å². The van der Waals surface area contributed by atoms with Gasteiger partial charge in [0.1, 0.15) is 0 Å². The van der Waals surface area contributed by atoms with Gasteiger partial charge in [-0.25, -0.2) is 4.79 Å². The summed E-state index contributed by atoms with van der Waals surface area (Å²) in [6, 6.07) is 7.38. The number of nitrogens with zero attached hydrogens (tertiary/aromatic N) is 2. The molecule has 94 valence electrons. The van der Waals surface area contributed by atoms with Gasteiger partial charge in [-0.05, 0) is 19.1 Å². The van der Waals surface area contributed by atoms with Crippen LogP contribution in [0, 0.1) is 13.8 Å². The lowest BCUT2D eigenvalue weighted by molar-refractivity contribution is -0.728. The molecule has 1 heterocycles. The summed E-state index contributed by atoms with van der Waals surface area (Å²) in [4.78, 5) is 11.8. The predicted octanol–water partition coefficient (Wildman–Crippen LogP) is 2.23. The molecule has 0 aliphatic heterocycles. The molecule has 0 unspecified atom stereocenters. The minimum atomic E-state index is -0.258. The SMILES string of the molecule is Cc1ccc(NC(=O)Nc2sn[n+](C)c2C)cc1. The number of rotatable bonds is 2. The molecule has 1 aromatic carbocycles. The van der Waals surface area contributed by atoms with Crippen LogP contribution in [0.4, 0.5) is 15.5 Å². The van der Waals surface area contributed by atoms with Crippen molar-refractivity contribution >= 4 is 28.3 Å². The Bertz CT molecular complexity index is 562. The molecule has 2 amide bonds. The molecule has 0 aliphatic rings. The summed E-state index contributed by atoms with van der Waals surface area (Å²) in [5, 5.41) is 6.30. The van der Waals surface area contributed by atoms with Crippen molar-refractivity contribution < 1.29 is 9.48 Å². The molecule has 2 aromatic rings. The van der Waals surface area contributed by atoms with Crippen LogP contribution < -0.4 is 15.3 Å². The van der Waals surface area contributed by atoms with E-state index in [2.05, 4.69) is 15.1 Å². The van der Waals surface area contributed by atoms with Crippen molar-refractivity contribution in [3.8, 4) is 0 Å². The van der Waals surface area contributed by atoms with Crippen LogP contribution in [0.2, 0.25) is 0 Å². The number of aromatic nitrogens is 2. The Kier molecular flexibility index (Phi) is 3.57. The van der Waals surface area contributed by atoms with E-state index in [1.807, 2.05) is 45.2 Å². The number of aryl methyl sites for hydroxylation is 2. The van der Waals surface area contributed by atoms with Crippen LogP contribution in [0.3, 0.4) is 0 Å². The molecule has 1 aromatic heterocycles. The van der Waals surface area contributed by atoms with Gasteiger partial charge in [-0.3, -0.25) is 5.32 Å². The van der Waals surface area contributed by atoms with E-state index >= 15 is 0 Å². The molecule has 2 rings (SSSR count). The van der Waals surface area contributed by atoms with Crippen LogP contribution in [0.1, 0.15) is 11.3 Å². The van der Waals surface area contributed by atoms with Crippen LogP contribution in [-0.4, -0.2) is 10.5 Å². The Morgan fingerprint density at radius 1 is 1.22 bits per heavy atom. The van der Waals surface area contributed by atoms with Gasteiger partial charge in [-0.1, -0.05) is 22.4 Å². The Labute approximate surface area is 110 Å². The fourth-order valence-electron chi connectivity index (χ4n) is 1.39. The fraction of sp³-hybridized carbons (Fsp3) is 0.250. The molecule has 0 saturated heterocycles. The van der Waals surface area contributed by atoms with Gasteiger partial charge in [0.25, 0.3) is 0 Å². The van der Waals surface area contributed by atoms with Crippen molar-refractivity contribution in [2.75, 3.05) is 10.6 Å². The number of hydrogen-bond donors (Lipinski definition) is 2. The first-order valence-corrected chi connectivity index (χ1v) is 6.31. The van der Waals surface area contributed by atoms with Crippen molar-refractivity contribution in [2.45, 2.75) is 13.8 Å². The van der Waals surface area contributed by atoms with E-state index in [1.54, 1.807) is 4.68 Å². The lowest BCUT2D eigenvalue weighted by atomic mass is 10.2. The van der Waals surface area contributed by atoms with Gasteiger partial charge >= 0.3 is 6.03 Å². The van der Waals surface area contributed by atoms with E-state index in [-0.39, 0.29) is 6.03 Å². The second-order valence-corrected chi connectivity index (χ2v) is 4.81. The monoisotopic (exact) mass is 263 g/mol. The maximum Gasteiger partial charge on any atom is 0.324 e. The average Bonchev–Trinajstić information content (AvgIpc) is 2.64. The standard InChI is InChI=1S/C12H14N4OS/c1-8-4-6-10(7-5-8)13-12(17)14-11-9(2)16(3)15-18-11/h4-7H,1-3H3,(H-,13,14,15,17)/p+1. The highest BCUT2D eigenvalue weighted by Gasteiger charge is 2.15. The number of carbonyl (C=O) groups is 1. The first kappa shape index (κ1) is 12.5. The molecule has 0 atom stereocenters. The van der Waals surface area contributed by atoms with E-state index in [9.17, 15) is 4.79 Å². The van der Waals surface area contributed by atoms with Crippen LogP contribution >= 0.6 is 11.5 Å². The number of hydrogen-bond acceptors (Lipinski definition) is 3. The average molecular weight is 263 g/mol. The smallest absolute Gasteiger partial charge is 0.308 e. The topological polar surface area (TPSA) is 57.9 Å². The van der Waals surface area contributed by atoms with Crippen molar-refractivity contribution in [2.24, 2.45) is 7.05 Å². The van der Waals surface area contributed by atoms with Crippen LogP contribution in [0.15, 0.2) is 24.3 Å². The Hall–Kier alpha value is -1.95. The van der Waals surface area contributed by atoms with E-state index < -0.39 is 0 Å². The lowest BCUT2D eigenvalue weighted by Crippen LogP contribution is -2.32. The molecule has 18 heavy (non-hydrogen) atoms. The molecule has 0 fully saturated rings. The number of nitrogens with one attached hydrogen (secondary N) is 2. The second-order valence-electron chi connectivity index (χ2n) is 4.06. The van der Waals surface area contributed by atoms with E-state index in [1.165, 1.54) is 11.5 Å². The van der Waals surface area contributed by atoms with Crippen LogP contribution in [-0.2, 0) is 7.05 Å². The third kappa shape index (κ3) is 2.84. The predicted molar refractivity (Wildman–Crippen MR) is 71.8 cm³/mol. The van der Waals surface area contributed by atoms with Crippen molar-refractivity contribution in [3.05, 3.63) is 35.5 Å². The highest BCUT2D eigenvalue weighted by molar-refractivity contribution is 7.10.